The van der Waals surface area contributed by atoms with Crippen molar-refractivity contribution in [3.63, 3.8) is 0 Å². The van der Waals surface area contributed by atoms with Gasteiger partial charge in [0.05, 0.1) is 12.5 Å². The lowest BCUT2D eigenvalue weighted by atomic mass is 9.99. The molecular formula is C17H25N3O2. The second kappa shape index (κ2) is 7.70. The highest BCUT2D eigenvalue weighted by Gasteiger charge is 2.29. The van der Waals surface area contributed by atoms with Crippen molar-refractivity contribution in [1.82, 2.24) is 15.2 Å². The third-order valence-corrected chi connectivity index (χ3v) is 4.56. The Labute approximate surface area is 132 Å². The lowest BCUT2D eigenvalue weighted by Gasteiger charge is -2.31. The monoisotopic (exact) mass is 303 g/mol. The molecule has 0 spiro atoms. The minimum Gasteiger partial charge on any atom is -0.381 e. The number of pyridine rings is 1. The van der Waals surface area contributed by atoms with Gasteiger partial charge in [0.25, 0.3) is 0 Å². The van der Waals surface area contributed by atoms with Crippen LogP contribution in [0.15, 0.2) is 24.5 Å². The molecule has 0 aromatic carbocycles. The Kier molecular flexibility index (Phi) is 5.40. The molecule has 2 aliphatic rings. The Morgan fingerprint density at radius 2 is 2.41 bits per heavy atom. The summed E-state index contributed by atoms with van der Waals surface area (Å²) in [5, 5.41) is 3.39. The van der Waals surface area contributed by atoms with E-state index in [1.165, 1.54) is 0 Å². The van der Waals surface area contributed by atoms with Crippen LogP contribution in [0.4, 0.5) is 0 Å². The molecule has 0 bridgehead atoms. The first-order valence-electron chi connectivity index (χ1n) is 8.29. The van der Waals surface area contributed by atoms with Gasteiger partial charge >= 0.3 is 0 Å². The fourth-order valence-electron chi connectivity index (χ4n) is 3.32. The summed E-state index contributed by atoms with van der Waals surface area (Å²) in [4.78, 5) is 19.1. The van der Waals surface area contributed by atoms with E-state index in [0.717, 1.165) is 51.1 Å². The molecular weight excluding hydrogens is 278 g/mol. The molecule has 3 heterocycles. The topological polar surface area (TPSA) is 54.5 Å². The van der Waals surface area contributed by atoms with Crippen LogP contribution >= 0.6 is 0 Å². The molecule has 0 radical (unpaired) electrons. The van der Waals surface area contributed by atoms with Crippen LogP contribution in [-0.4, -0.2) is 48.6 Å². The summed E-state index contributed by atoms with van der Waals surface area (Å²) in [6.45, 7) is 4.92. The van der Waals surface area contributed by atoms with Gasteiger partial charge in [-0.1, -0.05) is 6.07 Å². The van der Waals surface area contributed by atoms with Gasteiger partial charge in [0, 0.05) is 32.1 Å². The standard InChI is InChI=1S/C17H25N3O2/c21-17(16-4-2-8-22-13-16)20(12-15-5-7-19-10-15)11-14-3-1-6-18-9-14/h1,3,6,9,15-16,19H,2,4-5,7-8,10-13H2. The molecule has 22 heavy (non-hydrogen) atoms. The molecule has 3 rings (SSSR count). The van der Waals surface area contributed by atoms with Gasteiger partial charge in [0.2, 0.25) is 5.91 Å². The summed E-state index contributed by atoms with van der Waals surface area (Å²) in [5.41, 5.74) is 1.10. The lowest BCUT2D eigenvalue weighted by molar-refractivity contribution is -0.141. The molecule has 2 saturated heterocycles. The van der Waals surface area contributed by atoms with Gasteiger partial charge < -0.3 is 15.0 Å². The number of nitrogens with zero attached hydrogens (tertiary/aromatic N) is 2. The van der Waals surface area contributed by atoms with Gasteiger partial charge in [-0.3, -0.25) is 9.78 Å². The van der Waals surface area contributed by atoms with Gasteiger partial charge in [0.1, 0.15) is 0 Å². The number of ether oxygens (including phenoxy) is 1. The zero-order valence-corrected chi connectivity index (χ0v) is 13.0. The summed E-state index contributed by atoms with van der Waals surface area (Å²) in [6, 6.07) is 3.97. The Balaban J connectivity index is 1.67. The highest BCUT2D eigenvalue weighted by atomic mass is 16.5. The van der Waals surface area contributed by atoms with Crippen LogP contribution in [0.5, 0.6) is 0 Å². The predicted molar refractivity (Wildman–Crippen MR) is 84.2 cm³/mol. The first-order valence-corrected chi connectivity index (χ1v) is 8.29. The van der Waals surface area contributed by atoms with Crippen molar-refractivity contribution in [3.8, 4) is 0 Å². The number of nitrogens with one attached hydrogen (secondary N) is 1. The van der Waals surface area contributed by atoms with E-state index >= 15 is 0 Å². The average Bonchev–Trinajstić information content (AvgIpc) is 3.08. The fraction of sp³-hybridized carbons (Fsp3) is 0.647. The molecule has 0 saturated carbocycles. The van der Waals surface area contributed by atoms with Crippen molar-refractivity contribution in [2.75, 3.05) is 32.8 Å². The predicted octanol–water partition coefficient (Wildman–Crippen LogP) is 1.45. The van der Waals surface area contributed by atoms with Crippen LogP contribution in [-0.2, 0) is 16.1 Å². The zero-order chi connectivity index (χ0) is 15.2. The minimum atomic E-state index is 0.0276. The van der Waals surface area contributed by atoms with Crippen molar-refractivity contribution < 1.29 is 9.53 Å². The number of carbonyl (C=O) groups is 1. The van der Waals surface area contributed by atoms with E-state index in [1.807, 2.05) is 23.2 Å². The van der Waals surface area contributed by atoms with Crippen LogP contribution in [0.3, 0.4) is 0 Å². The maximum absolute atomic E-state index is 12.9. The van der Waals surface area contributed by atoms with Crippen LogP contribution < -0.4 is 5.32 Å². The number of hydrogen-bond acceptors (Lipinski definition) is 4. The van der Waals surface area contributed by atoms with Crippen LogP contribution in [0.25, 0.3) is 0 Å². The average molecular weight is 303 g/mol. The van der Waals surface area contributed by atoms with Gasteiger partial charge in [-0.15, -0.1) is 0 Å². The highest BCUT2D eigenvalue weighted by Crippen LogP contribution is 2.20. The largest absolute Gasteiger partial charge is 0.381 e. The fourth-order valence-corrected chi connectivity index (χ4v) is 3.32. The Bertz CT molecular complexity index is 468. The van der Waals surface area contributed by atoms with E-state index in [4.69, 9.17) is 4.74 Å². The zero-order valence-electron chi connectivity index (χ0n) is 13.0. The highest BCUT2D eigenvalue weighted by molar-refractivity contribution is 5.79. The van der Waals surface area contributed by atoms with E-state index in [2.05, 4.69) is 10.3 Å². The van der Waals surface area contributed by atoms with Gasteiger partial charge in [-0.2, -0.15) is 0 Å². The molecule has 2 unspecified atom stereocenters. The number of hydrogen-bond donors (Lipinski definition) is 1. The number of aromatic nitrogens is 1. The van der Waals surface area contributed by atoms with Crippen LogP contribution in [0, 0.1) is 11.8 Å². The minimum absolute atomic E-state index is 0.0276. The third kappa shape index (κ3) is 4.05. The smallest absolute Gasteiger partial charge is 0.228 e. The molecule has 5 nitrogen and oxygen atoms in total. The molecule has 1 N–H and O–H groups in total. The third-order valence-electron chi connectivity index (χ3n) is 4.56. The molecule has 1 aromatic heterocycles. The number of carbonyl (C=O) groups excluding carboxylic acids is 1. The summed E-state index contributed by atoms with van der Waals surface area (Å²) in [5.74, 6) is 0.834. The molecule has 1 aromatic rings. The van der Waals surface area contributed by atoms with Crippen LogP contribution in [0.1, 0.15) is 24.8 Å². The summed E-state index contributed by atoms with van der Waals surface area (Å²) >= 11 is 0. The number of rotatable bonds is 5. The normalized spacial score (nSPS) is 25.1. The van der Waals surface area contributed by atoms with Gasteiger partial charge in [0.15, 0.2) is 0 Å². The molecule has 120 valence electrons. The maximum Gasteiger partial charge on any atom is 0.228 e. The van der Waals surface area contributed by atoms with E-state index in [9.17, 15) is 4.79 Å². The van der Waals surface area contributed by atoms with Crippen molar-refractivity contribution in [1.29, 1.82) is 0 Å². The van der Waals surface area contributed by atoms with Crippen molar-refractivity contribution >= 4 is 5.91 Å². The first kappa shape index (κ1) is 15.4. The molecule has 2 atom stereocenters. The van der Waals surface area contributed by atoms with E-state index < -0.39 is 0 Å². The molecule has 5 heteroatoms. The number of amides is 1. The van der Waals surface area contributed by atoms with Gasteiger partial charge in [-0.25, -0.2) is 0 Å². The summed E-state index contributed by atoms with van der Waals surface area (Å²) in [6.07, 6.45) is 6.71. The Morgan fingerprint density at radius 1 is 1.45 bits per heavy atom. The molecule has 2 fully saturated rings. The van der Waals surface area contributed by atoms with Crippen molar-refractivity contribution in [2.24, 2.45) is 11.8 Å². The quantitative estimate of drug-likeness (QED) is 0.894. The summed E-state index contributed by atoms with van der Waals surface area (Å²) < 4.78 is 5.50. The van der Waals surface area contributed by atoms with E-state index in [0.29, 0.717) is 19.1 Å². The second-order valence-electron chi connectivity index (χ2n) is 6.35. The first-order chi connectivity index (χ1) is 10.8. The lowest BCUT2D eigenvalue weighted by Crippen LogP contribution is -2.42. The van der Waals surface area contributed by atoms with Crippen molar-refractivity contribution in [2.45, 2.75) is 25.8 Å². The van der Waals surface area contributed by atoms with E-state index in [-0.39, 0.29) is 11.8 Å². The molecule has 1 amide bonds. The van der Waals surface area contributed by atoms with Crippen LogP contribution in [0.2, 0.25) is 0 Å². The summed E-state index contributed by atoms with van der Waals surface area (Å²) in [7, 11) is 0. The van der Waals surface area contributed by atoms with E-state index in [1.54, 1.807) is 6.20 Å². The molecule has 2 aliphatic heterocycles. The SMILES string of the molecule is O=C(C1CCCOC1)N(Cc1cccnc1)CC1CCNC1. The van der Waals surface area contributed by atoms with Crippen molar-refractivity contribution in [3.05, 3.63) is 30.1 Å². The van der Waals surface area contributed by atoms with Gasteiger partial charge in [-0.05, 0) is 49.9 Å². The maximum atomic E-state index is 12.9. The second-order valence-corrected chi connectivity index (χ2v) is 6.35. The molecule has 0 aliphatic carbocycles. The Hall–Kier alpha value is -1.46. The Morgan fingerprint density at radius 3 is 3.09 bits per heavy atom.